The summed E-state index contributed by atoms with van der Waals surface area (Å²) in [5.41, 5.74) is 2.75. The van der Waals surface area contributed by atoms with Gasteiger partial charge in [-0.2, -0.15) is 0 Å². The molecule has 0 saturated heterocycles. The van der Waals surface area contributed by atoms with Crippen molar-refractivity contribution in [3.63, 3.8) is 0 Å². The van der Waals surface area contributed by atoms with E-state index in [1.165, 1.54) is 0 Å². The molecule has 0 atom stereocenters. The summed E-state index contributed by atoms with van der Waals surface area (Å²) >= 11 is 5.99. The van der Waals surface area contributed by atoms with E-state index in [0.717, 1.165) is 22.6 Å². The minimum atomic E-state index is 0.00978. The summed E-state index contributed by atoms with van der Waals surface area (Å²) in [6.07, 6.45) is 0. The molecular weight excluding hydrogens is 262 g/mol. The highest BCUT2D eigenvalue weighted by Crippen LogP contribution is 2.24. The summed E-state index contributed by atoms with van der Waals surface area (Å²) in [4.78, 5) is 0. The molecular formula is C15H16ClNO2. The Hall–Kier alpha value is -1.71. The predicted octanol–water partition coefficient (Wildman–Crippen LogP) is 3.45. The molecule has 0 aliphatic carbocycles. The number of aliphatic hydroxyl groups is 1. The Bertz CT molecular complexity index is 558. The number of rotatable bonds is 5. The molecule has 4 heteroatoms. The van der Waals surface area contributed by atoms with Crippen molar-refractivity contribution in [2.75, 3.05) is 12.4 Å². The number of ether oxygens (including phenoxy) is 1. The molecule has 0 aromatic heterocycles. The number of anilines is 1. The van der Waals surface area contributed by atoms with E-state index < -0.39 is 0 Å². The van der Waals surface area contributed by atoms with Gasteiger partial charge in [0.15, 0.2) is 0 Å². The van der Waals surface area contributed by atoms with Gasteiger partial charge in [0, 0.05) is 28.4 Å². The lowest BCUT2D eigenvalue weighted by Crippen LogP contribution is -2.04. The van der Waals surface area contributed by atoms with Gasteiger partial charge in [0.05, 0.1) is 13.7 Å². The Morgan fingerprint density at radius 1 is 1.16 bits per heavy atom. The predicted molar refractivity (Wildman–Crippen MR) is 77.7 cm³/mol. The molecule has 0 fully saturated rings. The van der Waals surface area contributed by atoms with Gasteiger partial charge in [-0.3, -0.25) is 0 Å². The molecule has 3 nitrogen and oxygen atoms in total. The molecule has 0 spiro atoms. The maximum Gasteiger partial charge on any atom is 0.123 e. The molecule has 0 radical (unpaired) electrons. The standard InChI is InChI=1S/C15H16ClNO2/c1-19-15-7-6-13(16)8-12(15)9-17-14-5-3-2-4-11(14)10-18/h2-8,17-18H,9-10H2,1H3. The molecule has 0 amide bonds. The maximum atomic E-state index is 9.27. The summed E-state index contributed by atoms with van der Waals surface area (Å²) in [5.74, 6) is 0.790. The van der Waals surface area contributed by atoms with E-state index in [1.807, 2.05) is 36.4 Å². The van der Waals surface area contributed by atoms with Crippen LogP contribution in [0.5, 0.6) is 5.75 Å². The third-order valence-electron chi connectivity index (χ3n) is 2.90. The van der Waals surface area contributed by atoms with Crippen LogP contribution in [0.3, 0.4) is 0 Å². The molecule has 2 aromatic carbocycles. The van der Waals surface area contributed by atoms with Crippen molar-refractivity contribution in [2.24, 2.45) is 0 Å². The third kappa shape index (κ3) is 3.40. The zero-order valence-corrected chi connectivity index (χ0v) is 11.4. The zero-order valence-electron chi connectivity index (χ0n) is 10.7. The van der Waals surface area contributed by atoms with Crippen LogP contribution in [0.4, 0.5) is 5.69 Å². The minimum absolute atomic E-state index is 0.00978. The number of aliphatic hydroxyl groups excluding tert-OH is 1. The molecule has 2 aromatic rings. The van der Waals surface area contributed by atoms with Crippen LogP contribution in [0, 0.1) is 0 Å². The van der Waals surface area contributed by atoms with E-state index >= 15 is 0 Å². The van der Waals surface area contributed by atoms with Crippen LogP contribution in [0.25, 0.3) is 0 Å². The van der Waals surface area contributed by atoms with Crippen molar-refractivity contribution in [1.29, 1.82) is 0 Å². The average Bonchev–Trinajstić information content (AvgIpc) is 2.45. The van der Waals surface area contributed by atoms with E-state index in [2.05, 4.69) is 5.32 Å². The first kappa shape index (κ1) is 13.7. The summed E-state index contributed by atoms with van der Waals surface area (Å²) in [6.45, 7) is 0.594. The fourth-order valence-corrected chi connectivity index (χ4v) is 2.10. The number of benzene rings is 2. The largest absolute Gasteiger partial charge is 0.496 e. The Balaban J connectivity index is 2.16. The maximum absolute atomic E-state index is 9.27. The highest BCUT2D eigenvalue weighted by Gasteiger charge is 2.05. The molecule has 0 heterocycles. The molecule has 2 N–H and O–H groups in total. The highest BCUT2D eigenvalue weighted by atomic mass is 35.5. The fraction of sp³-hybridized carbons (Fsp3) is 0.200. The van der Waals surface area contributed by atoms with E-state index in [0.29, 0.717) is 11.6 Å². The van der Waals surface area contributed by atoms with Crippen LogP contribution >= 0.6 is 11.6 Å². The Labute approximate surface area is 117 Å². The van der Waals surface area contributed by atoms with Gasteiger partial charge in [-0.15, -0.1) is 0 Å². The van der Waals surface area contributed by atoms with E-state index in [4.69, 9.17) is 16.3 Å². The topological polar surface area (TPSA) is 41.5 Å². The number of hydrogen-bond donors (Lipinski definition) is 2. The molecule has 19 heavy (non-hydrogen) atoms. The van der Waals surface area contributed by atoms with Crippen molar-refractivity contribution in [3.8, 4) is 5.75 Å². The summed E-state index contributed by atoms with van der Waals surface area (Å²) in [7, 11) is 1.63. The number of para-hydroxylation sites is 1. The van der Waals surface area contributed by atoms with E-state index in [-0.39, 0.29) is 6.61 Å². The highest BCUT2D eigenvalue weighted by molar-refractivity contribution is 6.30. The molecule has 100 valence electrons. The van der Waals surface area contributed by atoms with Crippen molar-refractivity contribution in [1.82, 2.24) is 0 Å². The number of nitrogens with one attached hydrogen (secondary N) is 1. The minimum Gasteiger partial charge on any atom is -0.496 e. The Morgan fingerprint density at radius 3 is 2.68 bits per heavy atom. The van der Waals surface area contributed by atoms with Crippen molar-refractivity contribution >= 4 is 17.3 Å². The van der Waals surface area contributed by atoms with Gasteiger partial charge in [-0.1, -0.05) is 29.8 Å². The van der Waals surface area contributed by atoms with Crippen LogP contribution in [0.1, 0.15) is 11.1 Å². The Kier molecular flexibility index (Phi) is 4.66. The molecule has 0 saturated carbocycles. The molecule has 0 aliphatic rings. The molecule has 0 aliphatic heterocycles. The molecule has 0 bridgehead atoms. The summed E-state index contributed by atoms with van der Waals surface area (Å²) < 4.78 is 5.30. The van der Waals surface area contributed by atoms with Crippen LogP contribution in [-0.2, 0) is 13.2 Å². The van der Waals surface area contributed by atoms with Crippen LogP contribution < -0.4 is 10.1 Å². The fourth-order valence-electron chi connectivity index (χ4n) is 1.91. The van der Waals surface area contributed by atoms with E-state index in [9.17, 15) is 5.11 Å². The van der Waals surface area contributed by atoms with Gasteiger partial charge in [0.25, 0.3) is 0 Å². The second-order valence-corrected chi connectivity index (χ2v) is 4.56. The monoisotopic (exact) mass is 277 g/mol. The van der Waals surface area contributed by atoms with Crippen LogP contribution in [0.15, 0.2) is 42.5 Å². The van der Waals surface area contributed by atoms with Gasteiger partial charge in [0.1, 0.15) is 5.75 Å². The number of hydrogen-bond acceptors (Lipinski definition) is 3. The van der Waals surface area contributed by atoms with Crippen molar-refractivity contribution in [3.05, 3.63) is 58.6 Å². The summed E-state index contributed by atoms with van der Waals surface area (Å²) in [5, 5.41) is 13.2. The van der Waals surface area contributed by atoms with Gasteiger partial charge in [-0.05, 0) is 24.3 Å². The smallest absolute Gasteiger partial charge is 0.123 e. The van der Waals surface area contributed by atoms with Crippen LogP contribution in [0.2, 0.25) is 5.02 Å². The SMILES string of the molecule is COc1ccc(Cl)cc1CNc1ccccc1CO. The third-order valence-corrected chi connectivity index (χ3v) is 3.13. The summed E-state index contributed by atoms with van der Waals surface area (Å²) in [6, 6.07) is 13.2. The lowest BCUT2D eigenvalue weighted by atomic mass is 10.1. The molecule has 0 unspecified atom stereocenters. The van der Waals surface area contributed by atoms with Gasteiger partial charge in [-0.25, -0.2) is 0 Å². The second-order valence-electron chi connectivity index (χ2n) is 4.12. The molecule has 2 rings (SSSR count). The first-order chi connectivity index (χ1) is 9.24. The normalized spacial score (nSPS) is 10.3. The van der Waals surface area contributed by atoms with Crippen molar-refractivity contribution < 1.29 is 9.84 Å². The quantitative estimate of drug-likeness (QED) is 0.879. The average molecular weight is 278 g/mol. The first-order valence-electron chi connectivity index (χ1n) is 5.99. The number of methoxy groups -OCH3 is 1. The van der Waals surface area contributed by atoms with Gasteiger partial charge in [0.2, 0.25) is 0 Å². The lowest BCUT2D eigenvalue weighted by Gasteiger charge is -2.13. The Morgan fingerprint density at radius 2 is 1.95 bits per heavy atom. The lowest BCUT2D eigenvalue weighted by molar-refractivity contribution is 0.282. The zero-order chi connectivity index (χ0) is 13.7. The van der Waals surface area contributed by atoms with Crippen molar-refractivity contribution in [2.45, 2.75) is 13.2 Å². The van der Waals surface area contributed by atoms with E-state index in [1.54, 1.807) is 13.2 Å². The first-order valence-corrected chi connectivity index (χ1v) is 6.37. The van der Waals surface area contributed by atoms with Gasteiger partial charge < -0.3 is 15.2 Å². The second kappa shape index (κ2) is 6.45. The van der Waals surface area contributed by atoms with Crippen LogP contribution in [-0.4, -0.2) is 12.2 Å². The van der Waals surface area contributed by atoms with Gasteiger partial charge >= 0.3 is 0 Å². The number of halogens is 1.